The van der Waals surface area contributed by atoms with Crippen LogP contribution in [0, 0.1) is 17.3 Å². The minimum Gasteiger partial charge on any atom is -0.487 e. The molecule has 9 nitrogen and oxygen atoms in total. The van der Waals surface area contributed by atoms with Gasteiger partial charge in [-0.2, -0.15) is 0 Å². The Morgan fingerprint density at radius 1 is 1.24 bits per heavy atom. The highest BCUT2D eigenvalue weighted by Gasteiger charge is 2.41. The van der Waals surface area contributed by atoms with Crippen molar-refractivity contribution in [1.82, 2.24) is 4.90 Å². The molecule has 1 saturated heterocycles. The topological polar surface area (TPSA) is 116 Å². The van der Waals surface area contributed by atoms with Crippen LogP contribution < -0.4 is 4.74 Å². The first-order chi connectivity index (χ1) is 16.1. The van der Waals surface area contributed by atoms with Crippen molar-refractivity contribution < 1.29 is 28.8 Å². The number of imide groups is 1. The van der Waals surface area contributed by atoms with Gasteiger partial charge >= 0.3 is 5.97 Å². The van der Waals surface area contributed by atoms with Gasteiger partial charge in [-0.1, -0.05) is 12.1 Å². The fourth-order valence-corrected chi connectivity index (χ4v) is 6.09. The van der Waals surface area contributed by atoms with E-state index >= 15 is 0 Å². The molecule has 34 heavy (non-hydrogen) atoms. The maximum absolute atomic E-state index is 12.8. The van der Waals surface area contributed by atoms with Gasteiger partial charge in [-0.3, -0.25) is 24.6 Å². The molecule has 12 heteroatoms. The molecule has 0 radical (unpaired) electrons. The molecule has 1 heterocycles. The van der Waals surface area contributed by atoms with Crippen LogP contribution in [-0.4, -0.2) is 39.6 Å². The fraction of sp³-hybridized carbons (Fsp3) is 0.227. The highest BCUT2D eigenvalue weighted by atomic mass is 127. The molecular weight excluding hydrogens is 690 g/mol. The first kappa shape index (κ1) is 26.4. The van der Waals surface area contributed by atoms with Crippen molar-refractivity contribution in [3.8, 4) is 5.75 Å². The number of nitro benzene ring substituents is 1. The lowest BCUT2D eigenvalue weighted by Crippen LogP contribution is -2.42. The van der Waals surface area contributed by atoms with Gasteiger partial charge in [-0.25, -0.2) is 4.79 Å². The molecule has 1 aliphatic heterocycles. The van der Waals surface area contributed by atoms with E-state index in [1.54, 1.807) is 37.3 Å². The molecule has 2 aromatic rings. The number of carbonyl (C=O) groups is 3. The average molecular weight is 708 g/mol. The summed E-state index contributed by atoms with van der Waals surface area (Å²) in [6.45, 7) is 3.41. The van der Waals surface area contributed by atoms with E-state index in [-0.39, 0.29) is 23.8 Å². The van der Waals surface area contributed by atoms with Gasteiger partial charge < -0.3 is 9.47 Å². The van der Waals surface area contributed by atoms with Gasteiger partial charge in [0, 0.05) is 12.1 Å². The van der Waals surface area contributed by atoms with E-state index in [1.807, 2.05) is 0 Å². The number of thioether (sulfide) groups is 1. The maximum Gasteiger partial charge on any atom is 0.329 e. The predicted octanol–water partition coefficient (Wildman–Crippen LogP) is 5.37. The molecule has 0 aliphatic carbocycles. The number of halogens is 2. The number of nitrogens with zero attached hydrogens (tertiary/aromatic N) is 2. The third-order valence-electron chi connectivity index (χ3n) is 4.66. The molecular formula is C22H18I2N2O7S. The number of benzene rings is 2. The molecule has 1 atom stereocenters. The second kappa shape index (κ2) is 11.5. The summed E-state index contributed by atoms with van der Waals surface area (Å²) in [4.78, 5) is 48.7. The monoisotopic (exact) mass is 708 g/mol. The number of hydrogen-bond acceptors (Lipinski definition) is 8. The second-order valence-electron chi connectivity index (χ2n) is 7.01. The molecule has 0 N–H and O–H groups in total. The van der Waals surface area contributed by atoms with Crippen LogP contribution in [0.4, 0.5) is 10.5 Å². The first-order valence-electron chi connectivity index (χ1n) is 9.91. The van der Waals surface area contributed by atoms with Crippen LogP contribution in [0.5, 0.6) is 5.75 Å². The van der Waals surface area contributed by atoms with Gasteiger partial charge in [0.2, 0.25) is 0 Å². The quantitative estimate of drug-likeness (QED) is 0.118. The lowest BCUT2D eigenvalue weighted by atomic mass is 10.2. The van der Waals surface area contributed by atoms with Gasteiger partial charge in [0.25, 0.3) is 16.8 Å². The Kier molecular flexibility index (Phi) is 8.92. The van der Waals surface area contributed by atoms with Gasteiger partial charge in [-0.05, 0) is 100 Å². The van der Waals surface area contributed by atoms with Crippen molar-refractivity contribution in [2.75, 3.05) is 6.61 Å². The number of ether oxygens (including phenoxy) is 2. The van der Waals surface area contributed by atoms with E-state index in [0.29, 0.717) is 16.9 Å². The normalized spacial score (nSPS) is 15.5. The van der Waals surface area contributed by atoms with Crippen molar-refractivity contribution in [3.63, 3.8) is 0 Å². The van der Waals surface area contributed by atoms with Crippen LogP contribution in [-0.2, 0) is 20.9 Å². The molecule has 2 amide bonds. The van der Waals surface area contributed by atoms with Crippen LogP contribution in [0.3, 0.4) is 0 Å². The van der Waals surface area contributed by atoms with E-state index in [1.165, 1.54) is 19.1 Å². The summed E-state index contributed by atoms with van der Waals surface area (Å²) in [6.07, 6.45) is 1.59. The summed E-state index contributed by atoms with van der Waals surface area (Å²) in [5.74, 6) is -0.583. The number of nitro groups is 1. The summed E-state index contributed by atoms with van der Waals surface area (Å²) in [6, 6.07) is 8.81. The molecule has 0 spiro atoms. The van der Waals surface area contributed by atoms with Gasteiger partial charge in [0.05, 0.1) is 23.6 Å². The Hall–Kier alpha value is -2.20. The molecule has 2 aromatic carbocycles. The van der Waals surface area contributed by atoms with E-state index in [0.717, 1.165) is 23.8 Å². The minimum atomic E-state index is -1.01. The Morgan fingerprint density at radius 3 is 2.53 bits per heavy atom. The van der Waals surface area contributed by atoms with E-state index in [2.05, 4.69) is 45.2 Å². The highest BCUT2D eigenvalue weighted by molar-refractivity contribution is 14.1. The van der Waals surface area contributed by atoms with E-state index in [4.69, 9.17) is 9.47 Å². The molecule has 3 rings (SSSR count). The van der Waals surface area contributed by atoms with Crippen molar-refractivity contribution in [2.24, 2.45) is 0 Å². The Morgan fingerprint density at radius 2 is 1.91 bits per heavy atom. The number of rotatable bonds is 8. The van der Waals surface area contributed by atoms with Crippen LogP contribution in [0.15, 0.2) is 41.3 Å². The summed E-state index contributed by atoms with van der Waals surface area (Å²) in [5.41, 5.74) is 1.34. The van der Waals surface area contributed by atoms with Crippen LogP contribution >= 0.6 is 56.9 Å². The van der Waals surface area contributed by atoms with Crippen molar-refractivity contribution >= 4 is 85.8 Å². The lowest BCUT2D eigenvalue weighted by molar-refractivity contribution is -0.384. The number of non-ortho nitro benzene ring substituents is 1. The SMILES string of the molecule is CCOC(=O)[C@@H](C)N1C(=O)S/C(=C/c2cc(I)c(OCc3cccc([N+](=O)[O-])c3)c(I)c2)C1=O. The van der Waals surface area contributed by atoms with Crippen molar-refractivity contribution in [2.45, 2.75) is 26.5 Å². The zero-order valence-electron chi connectivity index (χ0n) is 17.9. The van der Waals surface area contributed by atoms with E-state index < -0.39 is 28.1 Å². The third kappa shape index (κ3) is 6.07. The largest absolute Gasteiger partial charge is 0.487 e. The zero-order chi connectivity index (χ0) is 25.0. The molecule has 0 aromatic heterocycles. The summed E-state index contributed by atoms with van der Waals surface area (Å²) in [5, 5.41) is 10.4. The van der Waals surface area contributed by atoms with Crippen LogP contribution in [0.1, 0.15) is 25.0 Å². The second-order valence-corrected chi connectivity index (χ2v) is 10.3. The summed E-state index contributed by atoms with van der Waals surface area (Å²) < 4.78 is 12.4. The van der Waals surface area contributed by atoms with Crippen LogP contribution in [0.25, 0.3) is 6.08 Å². The minimum absolute atomic E-state index is 0.00735. The number of amides is 2. The molecule has 0 unspecified atom stereocenters. The molecule has 1 aliphatic rings. The summed E-state index contributed by atoms with van der Waals surface area (Å²) in [7, 11) is 0. The van der Waals surface area contributed by atoms with Gasteiger partial charge in [-0.15, -0.1) is 0 Å². The number of hydrogen-bond donors (Lipinski definition) is 0. The molecule has 0 saturated carbocycles. The lowest BCUT2D eigenvalue weighted by Gasteiger charge is -2.19. The number of carbonyl (C=O) groups excluding carboxylic acids is 3. The fourth-order valence-electron chi connectivity index (χ4n) is 3.05. The first-order valence-corrected chi connectivity index (χ1v) is 12.9. The zero-order valence-corrected chi connectivity index (χ0v) is 23.1. The van der Waals surface area contributed by atoms with Crippen LogP contribution in [0.2, 0.25) is 0 Å². The Bertz CT molecular complexity index is 1180. The molecule has 1 fully saturated rings. The van der Waals surface area contributed by atoms with Gasteiger partial charge in [0.1, 0.15) is 18.4 Å². The van der Waals surface area contributed by atoms with Gasteiger partial charge in [0.15, 0.2) is 0 Å². The maximum atomic E-state index is 12.8. The standard InChI is InChI=1S/C22H18I2N2O7S/c1-3-32-21(28)12(2)25-20(27)18(34-22(25)29)10-14-8-16(23)19(17(24)9-14)33-11-13-5-4-6-15(7-13)26(30)31/h4-10,12H,3,11H2,1-2H3/b18-10+/t12-/m1/s1. The van der Waals surface area contributed by atoms with Crippen molar-refractivity contribution in [1.29, 1.82) is 0 Å². The average Bonchev–Trinajstić information content (AvgIpc) is 3.05. The van der Waals surface area contributed by atoms with E-state index in [9.17, 15) is 24.5 Å². The highest BCUT2D eigenvalue weighted by Crippen LogP contribution is 2.36. The smallest absolute Gasteiger partial charge is 0.329 e. The summed E-state index contributed by atoms with van der Waals surface area (Å²) >= 11 is 4.97. The van der Waals surface area contributed by atoms with Crippen molar-refractivity contribution in [3.05, 3.63) is 69.7 Å². The molecule has 178 valence electrons. The number of esters is 1. The Labute approximate surface area is 226 Å². The Balaban J connectivity index is 1.77. The third-order valence-corrected chi connectivity index (χ3v) is 7.15. The molecule has 0 bridgehead atoms. The predicted molar refractivity (Wildman–Crippen MR) is 143 cm³/mol.